The minimum absolute atomic E-state index is 0.170. The number of rotatable bonds is 4. The molecule has 0 saturated heterocycles. The molecule has 1 saturated carbocycles. The summed E-state index contributed by atoms with van der Waals surface area (Å²) in [5, 5.41) is 2.90. The fourth-order valence-corrected chi connectivity index (χ4v) is 4.05. The van der Waals surface area contributed by atoms with E-state index in [1.54, 1.807) is 11.3 Å². The Morgan fingerprint density at radius 1 is 1.45 bits per heavy atom. The van der Waals surface area contributed by atoms with E-state index in [1.807, 2.05) is 24.4 Å². The lowest BCUT2D eigenvalue weighted by molar-refractivity contribution is -0.0122. The third kappa shape index (κ3) is 2.92. The van der Waals surface area contributed by atoms with Crippen LogP contribution in [0.1, 0.15) is 41.0 Å². The van der Waals surface area contributed by atoms with Crippen molar-refractivity contribution in [1.29, 1.82) is 0 Å². The van der Waals surface area contributed by atoms with Crippen LogP contribution < -0.4 is 5.48 Å². The second kappa shape index (κ2) is 6.03. The summed E-state index contributed by atoms with van der Waals surface area (Å²) in [4.78, 5) is 23.8. The lowest BCUT2D eigenvalue weighted by atomic mass is 10.3. The van der Waals surface area contributed by atoms with Gasteiger partial charge < -0.3 is 0 Å². The van der Waals surface area contributed by atoms with Crippen LogP contribution in [0.3, 0.4) is 0 Å². The number of nitrogens with zero attached hydrogens (tertiary/aromatic N) is 1. The minimum atomic E-state index is -0.185. The van der Waals surface area contributed by atoms with Gasteiger partial charge >= 0.3 is 0 Å². The molecule has 106 valence electrons. The lowest BCUT2D eigenvalue weighted by Gasteiger charge is -2.10. The molecule has 0 radical (unpaired) electrons. The zero-order valence-electron chi connectivity index (χ0n) is 11.2. The van der Waals surface area contributed by atoms with Gasteiger partial charge in [0.25, 0.3) is 5.91 Å². The Kier molecular flexibility index (Phi) is 4.14. The van der Waals surface area contributed by atoms with Gasteiger partial charge in [0.2, 0.25) is 0 Å². The number of hydroxylamine groups is 1. The number of hydrogen-bond acceptors (Lipinski definition) is 5. The van der Waals surface area contributed by atoms with E-state index in [0.717, 1.165) is 28.4 Å². The van der Waals surface area contributed by atoms with Crippen LogP contribution >= 0.6 is 22.7 Å². The van der Waals surface area contributed by atoms with Crippen LogP contribution in [0, 0.1) is 6.92 Å². The zero-order valence-corrected chi connectivity index (χ0v) is 12.9. The van der Waals surface area contributed by atoms with Crippen molar-refractivity contribution in [1.82, 2.24) is 10.5 Å². The summed E-state index contributed by atoms with van der Waals surface area (Å²) >= 11 is 3.04. The lowest BCUT2D eigenvalue weighted by Crippen LogP contribution is -2.28. The standard InChI is InChI=1S/C14H16N2O2S2/c1-9-12(13(17)16-18-10-5-2-3-6-10)20-14(15-9)11-7-4-8-19-11/h4,7-8,10H,2-3,5-6H2,1H3,(H,16,17). The van der Waals surface area contributed by atoms with Gasteiger partial charge in [0, 0.05) is 0 Å². The topological polar surface area (TPSA) is 51.2 Å². The van der Waals surface area contributed by atoms with Crippen LogP contribution in [-0.4, -0.2) is 17.0 Å². The number of nitrogens with one attached hydrogen (secondary N) is 1. The molecule has 0 atom stereocenters. The molecule has 3 rings (SSSR count). The molecule has 1 aliphatic rings. The summed E-state index contributed by atoms with van der Waals surface area (Å²) < 4.78 is 0. The van der Waals surface area contributed by atoms with E-state index >= 15 is 0 Å². The first-order valence-electron chi connectivity index (χ1n) is 6.71. The number of aromatic nitrogens is 1. The van der Waals surface area contributed by atoms with Crippen LogP contribution in [0.15, 0.2) is 17.5 Å². The molecular formula is C14H16N2O2S2. The first kappa shape index (κ1) is 13.7. The SMILES string of the molecule is Cc1nc(-c2cccs2)sc1C(=O)NOC1CCCC1. The van der Waals surface area contributed by atoms with Gasteiger partial charge in [0.15, 0.2) is 0 Å². The van der Waals surface area contributed by atoms with Gasteiger partial charge in [-0.25, -0.2) is 10.5 Å². The number of hydrogen-bond donors (Lipinski definition) is 1. The van der Waals surface area contributed by atoms with Crippen molar-refractivity contribution in [3.8, 4) is 9.88 Å². The van der Waals surface area contributed by atoms with E-state index in [0.29, 0.717) is 4.88 Å². The maximum absolute atomic E-state index is 12.1. The van der Waals surface area contributed by atoms with Gasteiger partial charge in [-0.15, -0.1) is 22.7 Å². The smallest absolute Gasteiger partial charge is 0.270 e. The number of thiazole rings is 1. The van der Waals surface area contributed by atoms with E-state index in [4.69, 9.17) is 4.84 Å². The van der Waals surface area contributed by atoms with Gasteiger partial charge in [-0.05, 0) is 31.2 Å². The van der Waals surface area contributed by atoms with Crippen LogP contribution in [-0.2, 0) is 4.84 Å². The van der Waals surface area contributed by atoms with Crippen LogP contribution in [0.4, 0.5) is 0 Å². The highest BCUT2D eigenvalue weighted by molar-refractivity contribution is 7.22. The highest BCUT2D eigenvalue weighted by Crippen LogP contribution is 2.31. The maximum Gasteiger partial charge on any atom is 0.286 e. The predicted molar refractivity (Wildman–Crippen MR) is 81.0 cm³/mol. The average Bonchev–Trinajstić information content (AvgIpc) is 3.17. The Morgan fingerprint density at radius 2 is 2.25 bits per heavy atom. The van der Waals surface area contributed by atoms with E-state index in [2.05, 4.69) is 10.5 Å². The second-order valence-electron chi connectivity index (χ2n) is 4.87. The summed E-state index contributed by atoms with van der Waals surface area (Å²) in [6, 6.07) is 4.00. The number of carbonyl (C=O) groups excluding carboxylic acids is 1. The molecule has 0 spiro atoms. The molecule has 2 aromatic rings. The van der Waals surface area contributed by atoms with E-state index < -0.39 is 0 Å². The van der Waals surface area contributed by atoms with Crippen molar-refractivity contribution < 1.29 is 9.63 Å². The third-order valence-corrected chi connectivity index (χ3v) is 5.55. The molecule has 0 aromatic carbocycles. The Bertz CT molecular complexity index is 586. The number of amides is 1. The maximum atomic E-state index is 12.1. The molecule has 20 heavy (non-hydrogen) atoms. The zero-order chi connectivity index (χ0) is 13.9. The first-order valence-corrected chi connectivity index (χ1v) is 8.41. The fourth-order valence-electron chi connectivity index (χ4n) is 2.30. The summed E-state index contributed by atoms with van der Waals surface area (Å²) in [6.07, 6.45) is 4.60. The largest absolute Gasteiger partial charge is 0.286 e. The molecule has 1 aliphatic carbocycles. The number of aryl methyl sites for hydroxylation is 1. The predicted octanol–water partition coefficient (Wildman–Crippen LogP) is 3.78. The molecule has 1 N–H and O–H groups in total. The van der Waals surface area contributed by atoms with Gasteiger partial charge in [-0.3, -0.25) is 9.63 Å². The quantitative estimate of drug-likeness (QED) is 0.874. The van der Waals surface area contributed by atoms with Crippen molar-refractivity contribution in [2.45, 2.75) is 38.7 Å². The van der Waals surface area contributed by atoms with E-state index in [1.165, 1.54) is 24.2 Å². The molecule has 0 aliphatic heterocycles. The minimum Gasteiger partial charge on any atom is -0.270 e. The van der Waals surface area contributed by atoms with Crippen molar-refractivity contribution in [2.75, 3.05) is 0 Å². The summed E-state index contributed by atoms with van der Waals surface area (Å²) in [6.45, 7) is 1.86. The summed E-state index contributed by atoms with van der Waals surface area (Å²) in [5.41, 5.74) is 3.33. The van der Waals surface area contributed by atoms with Gasteiger partial charge in [0.1, 0.15) is 9.88 Å². The van der Waals surface area contributed by atoms with Crippen molar-refractivity contribution >= 4 is 28.6 Å². The molecule has 0 unspecified atom stereocenters. The number of thiophene rings is 1. The highest BCUT2D eigenvalue weighted by Gasteiger charge is 2.20. The molecule has 1 fully saturated rings. The molecule has 6 heteroatoms. The van der Waals surface area contributed by atoms with Crippen molar-refractivity contribution in [3.63, 3.8) is 0 Å². The first-order chi connectivity index (χ1) is 9.74. The Morgan fingerprint density at radius 3 is 2.95 bits per heavy atom. The normalized spacial score (nSPS) is 15.7. The number of carbonyl (C=O) groups is 1. The van der Waals surface area contributed by atoms with Gasteiger partial charge in [-0.2, -0.15) is 0 Å². The average molecular weight is 308 g/mol. The summed E-state index contributed by atoms with van der Waals surface area (Å²) in [5.74, 6) is -0.185. The van der Waals surface area contributed by atoms with Crippen molar-refractivity contribution in [2.24, 2.45) is 0 Å². The Hall–Kier alpha value is -1.24. The molecule has 2 aromatic heterocycles. The van der Waals surface area contributed by atoms with Crippen molar-refractivity contribution in [3.05, 3.63) is 28.1 Å². The molecule has 1 amide bonds. The Labute approximate surface area is 125 Å². The third-order valence-electron chi connectivity index (χ3n) is 3.36. The monoisotopic (exact) mass is 308 g/mol. The van der Waals surface area contributed by atoms with E-state index in [-0.39, 0.29) is 12.0 Å². The second-order valence-corrected chi connectivity index (χ2v) is 6.81. The molecular weight excluding hydrogens is 292 g/mol. The Balaban J connectivity index is 1.68. The molecule has 2 heterocycles. The van der Waals surface area contributed by atoms with Crippen LogP contribution in [0.25, 0.3) is 9.88 Å². The van der Waals surface area contributed by atoms with Gasteiger partial charge in [-0.1, -0.05) is 18.9 Å². The fraction of sp³-hybridized carbons (Fsp3) is 0.429. The van der Waals surface area contributed by atoms with Crippen LogP contribution in [0.5, 0.6) is 0 Å². The molecule has 0 bridgehead atoms. The summed E-state index contributed by atoms with van der Waals surface area (Å²) in [7, 11) is 0. The van der Waals surface area contributed by atoms with Gasteiger partial charge in [0.05, 0.1) is 16.7 Å². The molecule has 4 nitrogen and oxygen atoms in total. The van der Waals surface area contributed by atoms with Crippen LogP contribution in [0.2, 0.25) is 0 Å². The van der Waals surface area contributed by atoms with E-state index in [9.17, 15) is 4.79 Å². The highest BCUT2D eigenvalue weighted by atomic mass is 32.1.